The van der Waals surface area contributed by atoms with Crippen LogP contribution >= 0.6 is 7.82 Å². The van der Waals surface area contributed by atoms with Crippen molar-refractivity contribution >= 4 is 25.5 Å². The molecule has 0 unspecified atom stereocenters. The lowest BCUT2D eigenvalue weighted by atomic mass is 9.90. The third-order valence-electron chi connectivity index (χ3n) is 8.27. The fourth-order valence-electron chi connectivity index (χ4n) is 5.54. The summed E-state index contributed by atoms with van der Waals surface area (Å²) < 4.78 is 26.1. The molecule has 1 aliphatic carbocycles. The lowest BCUT2D eigenvalue weighted by molar-refractivity contribution is -0.161. The quantitative estimate of drug-likeness (QED) is 0.0320. The second-order valence-electron chi connectivity index (χ2n) is 13.1. The Balaban J connectivity index is 2.42. The van der Waals surface area contributed by atoms with Crippen LogP contribution in [0.1, 0.15) is 130 Å². The van der Waals surface area contributed by atoms with Crippen molar-refractivity contribution in [2.75, 3.05) is 13.2 Å². The third kappa shape index (κ3) is 22.4. The minimum atomic E-state index is -4.82. The van der Waals surface area contributed by atoms with Crippen LogP contribution in [-0.4, -0.2) is 69.2 Å². The number of allylic oxidation sites excluding steroid dienone is 2. The van der Waals surface area contributed by atoms with Gasteiger partial charge in [-0.2, -0.15) is 0 Å². The average Bonchev–Trinajstić information content (AvgIpc) is 3.27. The van der Waals surface area contributed by atoms with E-state index in [-0.39, 0.29) is 43.5 Å². The number of unbranched alkanes of at least 4 members (excludes halogenated alkanes) is 8. The van der Waals surface area contributed by atoms with Crippen molar-refractivity contribution in [3.8, 4) is 0 Å². The van der Waals surface area contributed by atoms with Crippen molar-refractivity contribution in [2.45, 2.75) is 148 Å². The Bertz CT molecular complexity index is 990. The van der Waals surface area contributed by atoms with E-state index in [1.165, 1.54) is 19.3 Å². The predicted molar refractivity (Wildman–Crippen MR) is 180 cm³/mol. The smallest absolute Gasteiger partial charge is 0.462 e. The first-order valence-electron chi connectivity index (χ1n) is 17.6. The Labute approximate surface area is 281 Å². The second-order valence-corrected chi connectivity index (χ2v) is 14.3. The highest BCUT2D eigenvalue weighted by Gasteiger charge is 2.39. The highest BCUT2D eigenvalue weighted by Crippen LogP contribution is 2.36. The molecule has 0 spiro atoms. The van der Waals surface area contributed by atoms with Crippen molar-refractivity contribution in [1.29, 1.82) is 0 Å². The number of aliphatic hydroxyl groups is 2. The van der Waals surface area contributed by atoms with E-state index in [2.05, 4.69) is 25.3 Å². The summed E-state index contributed by atoms with van der Waals surface area (Å²) in [6.45, 7) is 5.53. The number of esters is 2. The maximum atomic E-state index is 12.5. The zero-order valence-electron chi connectivity index (χ0n) is 28.8. The summed E-state index contributed by atoms with van der Waals surface area (Å²) in [5.74, 6) is -1.12. The minimum Gasteiger partial charge on any atom is -0.462 e. The van der Waals surface area contributed by atoms with Gasteiger partial charge in [0.25, 0.3) is 0 Å². The molecule has 0 radical (unpaired) electrons. The molecule has 0 aromatic heterocycles. The number of hydrogen-bond donors (Lipinski definition) is 4. The molecule has 5 atom stereocenters. The van der Waals surface area contributed by atoms with E-state index >= 15 is 0 Å². The average molecular weight is 689 g/mol. The molecule has 12 heteroatoms. The molecule has 272 valence electrons. The van der Waals surface area contributed by atoms with Crippen molar-refractivity contribution in [3.05, 3.63) is 24.3 Å². The molecule has 0 bridgehead atoms. The fraction of sp³-hybridized carbons (Fsp3) is 0.800. The second kappa shape index (κ2) is 25.1. The van der Waals surface area contributed by atoms with Gasteiger partial charge in [-0.3, -0.25) is 18.9 Å². The number of phosphoric acid groups is 1. The van der Waals surface area contributed by atoms with Crippen LogP contribution < -0.4 is 0 Å². The van der Waals surface area contributed by atoms with Crippen LogP contribution in [0, 0.1) is 17.8 Å². The van der Waals surface area contributed by atoms with Gasteiger partial charge in [-0.25, -0.2) is 4.57 Å². The number of aliphatic hydroxyl groups excluding tert-OH is 2. The first-order chi connectivity index (χ1) is 22.3. The van der Waals surface area contributed by atoms with E-state index in [0.717, 1.165) is 38.5 Å². The van der Waals surface area contributed by atoms with Crippen LogP contribution in [0.5, 0.6) is 0 Å². The van der Waals surface area contributed by atoms with E-state index in [1.54, 1.807) is 12.2 Å². The monoisotopic (exact) mass is 688 g/mol. The van der Waals surface area contributed by atoms with Gasteiger partial charge in [0, 0.05) is 31.1 Å². The summed E-state index contributed by atoms with van der Waals surface area (Å²) in [6.07, 6.45) is 17.4. The van der Waals surface area contributed by atoms with Gasteiger partial charge in [-0.1, -0.05) is 103 Å². The molecule has 47 heavy (non-hydrogen) atoms. The maximum Gasteiger partial charge on any atom is 0.469 e. The lowest BCUT2D eigenvalue weighted by Gasteiger charge is -2.18. The molecule has 0 amide bonds. The Morgan fingerprint density at radius 1 is 0.915 bits per heavy atom. The summed E-state index contributed by atoms with van der Waals surface area (Å²) in [6, 6.07) is 0. The van der Waals surface area contributed by atoms with Crippen molar-refractivity contribution in [2.24, 2.45) is 17.8 Å². The number of rotatable bonds is 27. The van der Waals surface area contributed by atoms with Gasteiger partial charge in [0.1, 0.15) is 12.4 Å². The van der Waals surface area contributed by atoms with Crippen LogP contribution in [0.25, 0.3) is 0 Å². The first-order valence-corrected chi connectivity index (χ1v) is 19.1. The number of phosphoric ester groups is 1. The topological polar surface area (TPSA) is 177 Å². The molecule has 0 aromatic carbocycles. The van der Waals surface area contributed by atoms with Gasteiger partial charge >= 0.3 is 19.8 Å². The molecule has 0 aromatic rings. The van der Waals surface area contributed by atoms with E-state index in [9.17, 15) is 29.2 Å². The molecular weight excluding hydrogens is 627 g/mol. The van der Waals surface area contributed by atoms with E-state index < -0.39 is 44.7 Å². The highest BCUT2D eigenvalue weighted by atomic mass is 31.2. The van der Waals surface area contributed by atoms with Gasteiger partial charge in [0.15, 0.2) is 6.10 Å². The number of hydrogen-bond acceptors (Lipinski definition) is 9. The van der Waals surface area contributed by atoms with Gasteiger partial charge in [0.2, 0.25) is 0 Å². The van der Waals surface area contributed by atoms with Gasteiger partial charge < -0.3 is 29.5 Å². The minimum absolute atomic E-state index is 0.0161. The molecule has 0 aliphatic heterocycles. The zero-order chi connectivity index (χ0) is 35.1. The van der Waals surface area contributed by atoms with Crippen molar-refractivity contribution in [3.63, 3.8) is 0 Å². The molecule has 1 fully saturated rings. The Hall–Kier alpha value is -1.88. The van der Waals surface area contributed by atoms with Crippen LogP contribution in [0.2, 0.25) is 0 Å². The highest BCUT2D eigenvalue weighted by molar-refractivity contribution is 7.46. The van der Waals surface area contributed by atoms with Gasteiger partial charge in [-0.05, 0) is 38.0 Å². The lowest BCUT2D eigenvalue weighted by Crippen LogP contribution is -2.29. The number of ketones is 1. The molecule has 1 aliphatic rings. The first kappa shape index (κ1) is 43.1. The standard InChI is InChI=1S/C35H61O11P/c1-4-5-12-18-28(36)22-23-31-30(32(37)24-33(31)38)19-14-10-11-16-21-35(40)46-29(26-45-47(41,42)43)25-44-34(39)20-15-9-7-6-8-13-17-27(2)3/h10,14,22-23,27-31,33,36,38H,4-9,11-13,15-21,24-26H2,1-3H3,(H2,41,42,43)/b14-10-,23-22+/t28-,29+,30+,31+,33+/m0/s1. The zero-order valence-corrected chi connectivity index (χ0v) is 29.7. The van der Waals surface area contributed by atoms with Crippen molar-refractivity contribution < 1.29 is 52.9 Å². The number of carbonyl (C=O) groups is 3. The molecule has 1 rings (SSSR count). The SMILES string of the molecule is CCCCC[C@H](O)/C=C/[C@H]1[C@H](O)CC(=O)[C@@H]1C/C=C\CCCC(=O)O[C@H](COC(=O)CCCCCCCCC(C)C)COP(=O)(O)O. The van der Waals surface area contributed by atoms with Crippen LogP contribution in [-0.2, 0) is 32.9 Å². The molecule has 11 nitrogen and oxygen atoms in total. The van der Waals surface area contributed by atoms with Gasteiger partial charge in [-0.15, -0.1) is 0 Å². The van der Waals surface area contributed by atoms with Crippen molar-refractivity contribution in [1.82, 2.24) is 0 Å². The van der Waals surface area contributed by atoms with E-state index in [4.69, 9.17) is 19.3 Å². The number of Topliss-reactive ketones (excluding diaryl/α,β-unsaturated/α-hetero) is 1. The number of ether oxygens (including phenoxy) is 2. The molecule has 1 saturated carbocycles. The summed E-state index contributed by atoms with van der Waals surface area (Å²) in [5, 5.41) is 20.5. The molecule has 0 heterocycles. The van der Waals surface area contributed by atoms with Crippen LogP contribution in [0.4, 0.5) is 0 Å². The van der Waals surface area contributed by atoms with Gasteiger partial charge in [0.05, 0.1) is 18.8 Å². The predicted octanol–water partition coefficient (Wildman–Crippen LogP) is 6.51. The third-order valence-corrected chi connectivity index (χ3v) is 8.75. The summed E-state index contributed by atoms with van der Waals surface area (Å²) in [4.78, 5) is 55.2. The Morgan fingerprint density at radius 3 is 2.26 bits per heavy atom. The van der Waals surface area contributed by atoms with Crippen LogP contribution in [0.3, 0.4) is 0 Å². The van der Waals surface area contributed by atoms with E-state index in [0.29, 0.717) is 38.0 Å². The molecule has 0 saturated heterocycles. The fourth-order valence-corrected chi connectivity index (χ4v) is 5.90. The maximum absolute atomic E-state index is 12.5. The Kier molecular flexibility index (Phi) is 23.1. The van der Waals surface area contributed by atoms with Crippen LogP contribution in [0.15, 0.2) is 24.3 Å². The molecule has 4 N–H and O–H groups in total. The normalized spacial score (nSPS) is 20.0. The summed E-state index contributed by atoms with van der Waals surface area (Å²) in [5.41, 5.74) is 0. The summed E-state index contributed by atoms with van der Waals surface area (Å²) >= 11 is 0. The number of carbonyl (C=O) groups excluding carboxylic acids is 3. The van der Waals surface area contributed by atoms with E-state index in [1.807, 2.05) is 12.2 Å². The molecular formula is C35H61O11P. The largest absolute Gasteiger partial charge is 0.469 e. The Morgan fingerprint density at radius 2 is 1.57 bits per heavy atom. The summed E-state index contributed by atoms with van der Waals surface area (Å²) in [7, 11) is -4.82.